The van der Waals surface area contributed by atoms with E-state index in [0.29, 0.717) is 6.04 Å². The lowest BCUT2D eigenvalue weighted by molar-refractivity contribution is 0.122. The van der Waals surface area contributed by atoms with E-state index >= 15 is 0 Å². The molecule has 4 nitrogen and oxygen atoms in total. The predicted molar refractivity (Wildman–Crippen MR) is 76.9 cm³/mol. The summed E-state index contributed by atoms with van der Waals surface area (Å²) in [5, 5.41) is 13.0. The minimum Gasteiger partial charge on any atom is -0.396 e. The third-order valence-electron chi connectivity index (χ3n) is 5.00. The Hall–Kier alpha value is -0.130. The second-order valence-corrected chi connectivity index (χ2v) is 8.89. The van der Waals surface area contributed by atoms with Crippen LogP contribution in [0, 0.1) is 5.41 Å². The number of nitrogens with one attached hydrogen (secondary N) is 1. The molecule has 0 bridgehead atoms. The summed E-state index contributed by atoms with van der Waals surface area (Å²) in [6, 6.07) is 0.303. The molecule has 0 saturated heterocycles. The molecule has 2 unspecified atom stereocenters. The van der Waals surface area contributed by atoms with Crippen molar-refractivity contribution < 1.29 is 13.5 Å². The van der Waals surface area contributed by atoms with Crippen LogP contribution in [0.1, 0.15) is 51.4 Å². The van der Waals surface area contributed by atoms with Gasteiger partial charge in [0.2, 0.25) is 0 Å². The van der Waals surface area contributed by atoms with Crippen LogP contribution < -0.4 is 5.32 Å². The van der Waals surface area contributed by atoms with Crippen LogP contribution >= 0.6 is 0 Å². The molecule has 0 heterocycles. The maximum Gasteiger partial charge on any atom is 0.150 e. The standard InChI is InChI=1S/C14H27NO3S/c1-19(17,18)13-6-4-5-12(9-13)15-10-14(11-16)7-2-3-8-14/h12-13,15-16H,2-11H2,1H3. The van der Waals surface area contributed by atoms with Crippen molar-refractivity contribution in [2.75, 3.05) is 19.4 Å². The molecule has 0 radical (unpaired) electrons. The van der Waals surface area contributed by atoms with Crippen LogP contribution in [0.5, 0.6) is 0 Å². The van der Waals surface area contributed by atoms with Gasteiger partial charge in [-0.1, -0.05) is 19.3 Å². The lowest BCUT2D eigenvalue weighted by Gasteiger charge is -2.33. The number of aliphatic hydroxyl groups excluding tert-OH is 1. The largest absolute Gasteiger partial charge is 0.396 e. The topological polar surface area (TPSA) is 66.4 Å². The first-order valence-electron chi connectivity index (χ1n) is 7.48. The fourth-order valence-corrected chi connectivity index (χ4v) is 4.77. The van der Waals surface area contributed by atoms with Gasteiger partial charge in [0.25, 0.3) is 0 Å². The SMILES string of the molecule is CS(=O)(=O)C1CCCC(NCC2(CO)CCCC2)C1. The van der Waals surface area contributed by atoms with Gasteiger partial charge < -0.3 is 10.4 Å². The fraction of sp³-hybridized carbons (Fsp3) is 1.00. The summed E-state index contributed by atoms with van der Waals surface area (Å²) in [6.07, 6.45) is 9.55. The van der Waals surface area contributed by atoms with Crippen molar-refractivity contribution >= 4 is 9.84 Å². The van der Waals surface area contributed by atoms with Gasteiger partial charge in [0.05, 0.1) is 5.25 Å². The van der Waals surface area contributed by atoms with Crippen LogP contribution in [-0.2, 0) is 9.84 Å². The lowest BCUT2D eigenvalue weighted by Crippen LogP contribution is -2.44. The third kappa shape index (κ3) is 3.92. The zero-order valence-electron chi connectivity index (χ0n) is 11.9. The highest BCUT2D eigenvalue weighted by molar-refractivity contribution is 7.91. The first-order valence-corrected chi connectivity index (χ1v) is 9.44. The minimum absolute atomic E-state index is 0.0536. The second-order valence-electron chi connectivity index (χ2n) is 6.56. The first kappa shape index (κ1) is 15.3. The summed E-state index contributed by atoms with van der Waals surface area (Å²) in [7, 11) is -2.91. The van der Waals surface area contributed by atoms with Gasteiger partial charge in [-0.15, -0.1) is 0 Å². The van der Waals surface area contributed by atoms with E-state index in [1.54, 1.807) is 0 Å². The van der Waals surface area contributed by atoms with Crippen molar-refractivity contribution in [3.05, 3.63) is 0 Å². The van der Waals surface area contributed by atoms with Gasteiger partial charge in [-0.25, -0.2) is 8.42 Å². The highest BCUT2D eigenvalue weighted by Gasteiger charge is 2.35. The Morgan fingerprint density at radius 1 is 1.21 bits per heavy atom. The van der Waals surface area contributed by atoms with Crippen LogP contribution in [-0.4, -0.2) is 44.2 Å². The predicted octanol–water partition coefficient (Wildman–Crippen LogP) is 1.48. The molecule has 0 aromatic carbocycles. The van der Waals surface area contributed by atoms with Crippen molar-refractivity contribution in [2.45, 2.75) is 62.7 Å². The Kier molecular flexibility index (Phi) is 4.90. The van der Waals surface area contributed by atoms with Crippen LogP contribution in [0.25, 0.3) is 0 Å². The molecule has 112 valence electrons. The number of rotatable bonds is 5. The normalized spacial score (nSPS) is 31.5. The highest BCUT2D eigenvalue weighted by Crippen LogP contribution is 2.37. The van der Waals surface area contributed by atoms with E-state index in [9.17, 15) is 13.5 Å². The molecule has 2 aliphatic carbocycles. The van der Waals surface area contributed by atoms with E-state index in [1.807, 2.05) is 0 Å². The maximum absolute atomic E-state index is 11.6. The average molecular weight is 289 g/mol. The molecule has 2 rings (SSSR count). The van der Waals surface area contributed by atoms with E-state index in [2.05, 4.69) is 5.32 Å². The van der Waals surface area contributed by atoms with Gasteiger partial charge >= 0.3 is 0 Å². The summed E-state index contributed by atoms with van der Waals surface area (Å²) in [5.41, 5.74) is 0.0536. The van der Waals surface area contributed by atoms with E-state index in [1.165, 1.54) is 19.1 Å². The summed E-state index contributed by atoms with van der Waals surface area (Å²) in [4.78, 5) is 0. The number of aliphatic hydroxyl groups is 1. The summed E-state index contributed by atoms with van der Waals surface area (Å²) in [6.45, 7) is 1.09. The number of hydrogen-bond acceptors (Lipinski definition) is 4. The fourth-order valence-electron chi connectivity index (χ4n) is 3.60. The zero-order valence-corrected chi connectivity index (χ0v) is 12.7. The second kappa shape index (κ2) is 6.10. The molecule has 0 spiro atoms. The van der Waals surface area contributed by atoms with Crippen LogP contribution in [0.15, 0.2) is 0 Å². The van der Waals surface area contributed by atoms with Gasteiger partial charge in [0.15, 0.2) is 0 Å². The molecule has 19 heavy (non-hydrogen) atoms. The zero-order chi connectivity index (χ0) is 13.9. The van der Waals surface area contributed by atoms with Gasteiger partial charge in [0, 0.05) is 30.9 Å². The highest BCUT2D eigenvalue weighted by atomic mass is 32.2. The van der Waals surface area contributed by atoms with Crippen LogP contribution in [0.2, 0.25) is 0 Å². The molecule has 2 aliphatic rings. The molecule has 5 heteroatoms. The molecule has 2 atom stereocenters. The third-order valence-corrected chi connectivity index (χ3v) is 6.64. The molecule has 0 amide bonds. The van der Waals surface area contributed by atoms with Gasteiger partial charge in [-0.05, 0) is 32.1 Å². The Morgan fingerprint density at radius 2 is 1.89 bits per heavy atom. The molecule has 0 aliphatic heterocycles. The summed E-state index contributed by atoms with van der Waals surface area (Å²) in [5.74, 6) is 0. The number of hydrogen-bond donors (Lipinski definition) is 2. The van der Waals surface area contributed by atoms with Crippen molar-refractivity contribution in [1.29, 1.82) is 0 Å². The van der Waals surface area contributed by atoms with Crippen molar-refractivity contribution in [3.8, 4) is 0 Å². The molecular weight excluding hydrogens is 262 g/mol. The lowest BCUT2D eigenvalue weighted by atomic mass is 9.86. The monoisotopic (exact) mass is 289 g/mol. The Morgan fingerprint density at radius 3 is 2.47 bits per heavy atom. The van der Waals surface area contributed by atoms with E-state index < -0.39 is 9.84 Å². The molecule has 2 fully saturated rings. The Balaban J connectivity index is 1.86. The first-order chi connectivity index (χ1) is 8.95. The van der Waals surface area contributed by atoms with Crippen molar-refractivity contribution in [2.24, 2.45) is 5.41 Å². The Labute approximate surface area is 116 Å². The molecule has 0 aromatic heterocycles. The van der Waals surface area contributed by atoms with E-state index in [4.69, 9.17) is 0 Å². The maximum atomic E-state index is 11.6. The summed E-state index contributed by atoms with van der Waals surface area (Å²) < 4.78 is 23.3. The smallest absolute Gasteiger partial charge is 0.150 e. The van der Waals surface area contributed by atoms with Crippen LogP contribution in [0.4, 0.5) is 0 Å². The minimum atomic E-state index is -2.91. The van der Waals surface area contributed by atoms with Crippen molar-refractivity contribution in [1.82, 2.24) is 5.32 Å². The average Bonchev–Trinajstić information content (AvgIpc) is 2.85. The van der Waals surface area contributed by atoms with Crippen molar-refractivity contribution in [3.63, 3.8) is 0 Å². The van der Waals surface area contributed by atoms with Gasteiger partial charge in [0.1, 0.15) is 9.84 Å². The Bertz CT molecular complexity index is 387. The van der Waals surface area contributed by atoms with Gasteiger partial charge in [-0.2, -0.15) is 0 Å². The molecular formula is C14H27NO3S. The summed E-state index contributed by atoms with van der Waals surface area (Å²) >= 11 is 0. The molecule has 2 saturated carbocycles. The van der Waals surface area contributed by atoms with E-state index in [0.717, 1.165) is 45.1 Å². The molecule has 2 N–H and O–H groups in total. The van der Waals surface area contributed by atoms with Gasteiger partial charge in [-0.3, -0.25) is 0 Å². The number of sulfone groups is 1. The quantitative estimate of drug-likeness (QED) is 0.804. The van der Waals surface area contributed by atoms with E-state index in [-0.39, 0.29) is 17.3 Å². The van der Waals surface area contributed by atoms with Crippen LogP contribution in [0.3, 0.4) is 0 Å². The molecule has 0 aromatic rings.